The zero-order chi connectivity index (χ0) is 12.1. The van der Waals surface area contributed by atoms with E-state index in [1.165, 1.54) is 0 Å². The highest BCUT2D eigenvalue weighted by atomic mass is 16.3. The largest absolute Gasteiger partial charge is 0.469 e. The molecule has 0 unspecified atom stereocenters. The number of rotatable bonds is 5. The van der Waals surface area contributed by atoms with Gasteiger partial charge in [-0.3, -0.25) is 9.78 Å². The van der Waals surface area contributed by atoms with E-state index in [1.54, 1.807) is 18.4 Å². The van der Waals surface area contributed by atoms with Crippen molar-refractivity contribution in [2.75, 3.05) is 11.9 Å². The first kappa shape index (κ1) is 11.4. The molecule has 0 aliphatic heterocycles. The molecule has 0 radical (unpaired) electrons. The van der Waals surface area contributed by atoms with Gasteiger partial charge in [-0.1, -0.05) is 6.92 Å². The second-order valence-corrected chi connectivity index (χ2v) is 3.63. The molecule has 0 fully saturated rings. The van der Waals surface area contributed by atoms with E-state index >= 15 is 0 Å². The lowest BCUT2D eigenvalue weighted by Crippen LogP contribution is -2.20. The third-order valence-electron chi connectivity index (χ3n) is 2.23. The second kappa shape index (κ2) is 5.29. The first-order valence-corrected chi connectivity index (χ1v) is 5.51. The van der Waals surface area contributed by atoms with E-state index in [0.29, 0.717) is 23.8 Å². The molecule has 0 atom stereocenters. The summed E-state index contributed by atoms with van der Waals surface area (Å²) >= 11 is 0. The van der Waals surface area contributed by atoms with Crippen molar-refractivity contribution in [2.45, 2.75) is 19.8 Å². The lowest BCUT2D eigenvalue weighted by molar-refractivity contribution is 0.517. The van der Waals surface area contributed by atoms with Gasteiger partial charge in [0.2, 0.25) is 5.95 Å². The first-order valence-electron chi connectivity index (χ1n) is 5.51. The SMILES string of the molecule is CCCNc1nnc(Cc2ccco2)c(=O)[nH]1. The second-order valence-electron chi connectivity index (χ2n) is 3.63. The molecule has 6 heteroatoms. The van der Waals surface area contributed by atoms with Crippen molar-refractivity contribution in [3.05, 3.63) is 40.2 Å². The minimum absolute atomic E-state index is 0.241. The van der Waals surface area contributed by atoms with Gasteiger partial charge in [-0.25, -0.2) is 0 Å². The number of anilines is 1. The minimum Gasteiger partial charge on any atom is -0.469 e. The zero-order valence-electron chi connectivity index (χ0n) is 9.56. The Morgan fingerprint density at radius 2 is 2.35 bits per heavy atom. The van der Waals surface area contributed by atoms with Gasteiger partial charge < -0.3 is 9.73 Å². The van der Waals surface area contributed by atoms with E-state index in [9.17, 15) is 4.79 Å². The van der Waals surface area contributed by atoms with Crippen LogP contribution in [-0.4, -0.2) is 21.7 Å². The molecule has 0 aromatic carbocycles. The Hall–Kier alpha value is -2.11. The fourth-order valence-corrected chi connectivity index (χ4v) is 1.38. The van der Waals surface area contributed by atoms with Gasteiger partial charge in [0.25, 0.3) is 5.56 Å². The van der Waals surface area contributed by atoms with Gasteiger partial charge >= 0.3 is 0 Å². The Labute approximate surface area is 98.1 Å². The Morgan fingerprint density at radius 3 is 3.00 bits per heavy atom. The quantitative estimate of drug-likeness (QED) is 0.811. The molecular weight excluding hydrogens is 220 g/mol. The van der Waals surface area contributed by atoms with Gasteiger partial charge in [0.05, 0.1) is 12.7 Å². The van der Waals surface area contributed by atoms with E-state index in [4.69, 9.17) is 4.42 Å². The molecule has 17 heavy (non-hydrogen) atoms. The average Bonchev–Trinajstić information content (AvgIpc) is 2.82. The molecule has 2 aromatic heterocycles. The van der Waals surface area contributed by atoms with E-state index in [0.717, 1.165) is 13.0 Å². The maximum atomic E-state index is 11.7. The fraction of sp³-hybridized carbons (Fsp3) is 0.364. The number of hydrogen-bond acceptors (Lipinski definition) is 5. The highest BCUT2D eigenvalue weighted by molar-refractivity contribution is 5.22. The predicted octanol–water partition coefficient (Wildman–Crippen LogP) is 1.17. The van der Waals surface area contributed by atoms with Crippen molar-refractivity contribution in [1.82, 2.24) is 15.2 Å². The van der Waals surface area contributed by atoms with Crippen molar-refractivity contribution in [2.24, 2.45) is 0 Å². The van der Waals surface area contributed by atoms with Gasteiger partial charge in [0.15, 0.2) is 0 Å². The summed E-state index contributed by atoms with van der Waals surface area (Å²) in [6.45, 7) is 2.78. The van der Waals surface area contributed by atoms with Crippen LogP contribution in [0.15, 0.2) is 27.6 Å². The van der Waals surface area contributed by atoms with Crippen LogP contribution in [0, 0.1) is 0 Å². The van der Waals surface area contributed by atoms with Gasteiger partial charge in [0, 0.05) is 6.54 Å². The predicted molar refractivity (Wildman–Crippen MR) is 62.9 cm³/mol. The van der Waals surface area contributed by atoms with Gasteiger partial charge in [-0.2, -0.15) is 0 Å². The standard InChI is InChI=1S/C11H14N4O2/c1-2-5-12-11-13-10(16)9(14-15-11)7-8-4-3-6-17-8/h3-4,6H,2,5,7H2,1H3,(H2,12,13,15,16). The maximum Gasteiger partial charge on any atom is 0.274 e. The lowest BCUT2D eigenvalue weighted by Gasteiger charge is -2.02. The van der Waals surface area contributed by atoms with Crippen molar-refractivity contribution >= 4 is 5.95 Å². The summed E-state index contributed by atoms with van der Waals surface area (Å²) in [5, 5.41) is 10.8. The molecular formula is C11H14N4O2. The normalized spacial score (nSPS) is 10.4. The summed E-state index contributed by atoms with van der Waals surface area (Å²) in [6, 6.07) is 3.57. The third-order valence-corrected chi connectivity index (χ3v) is 2.23. The molecule has 2 N–H and O–H groups in total. The van der Waals surface area contributed by atoms with Crippen LogP contribution in [0.25, 0.3) is 0 Å². The molecule has 0 amide bonds. The minimum atomic E-state index is -0.241. The molecule has 0 spiro atoms. The fourth-order valence-electron chi connectivity index (χ4n) is 1.38. The van der Waals surface area contributed by atoms with Crippen LogP contribution < -0.4 is 10.9 Å². The van der Waals surface area contributed by atoms with Crippen LogP contribution in [0.5, 0.6) is 0 Å². The monoisotopic (exact) mass is 234 g/mol. The zero-order valence-corrected chi connectivity index (χ0v) is 9.56. The summed E-state index contributed by atoms with van der Waals surface area (Å²) in [5.74, 6) is 1.10. The molecule has 0 saturated heterocycles. The maximum absolute atomic E-state index is 11.7. The van der Waals surface area contributed by atoms with Crippen molar-refractivity contribution in [1.29, 1.82) is 0 Å². The molecule has 6 nitrogen and oxygen atoms in total. The van der Waals surface area contributed by atoms with E-state index in [1.807, 2.05) is 6.92 Å². The number of furan rings is 1. The molecule has 0 saturated carbocycles. The number of nitrogens with one attached hydrogen (secondary N) is 2. The number of aromatic amines is 1. The topological polar surface area (TPSA) is 83.8 Å². The Balaban J connectivity index is 2.12. The van der Waals surface area contributed by atoms with Crippen molar-refractivity contribution in [3.8, 4) is 0 Å². The smallest absolute Gasteiger partial charge is 0.274 e. The van der Waals surface area contributed by atoms with E-state index < -0.39 is 0 Å². The van der Waals surface area contributed by atoms with Crippen molar-refractivity contribution < 1.29 is 4.42 Å². The molecule has 0 aliphatic carbocycles. The molecule has 0 bridgehead atoms. The first-order chi connectivity index (χ1) is 8.29. The summed E-state index contributed by atoms with van der Waals surface area (Å²) in [5.41, 5.74) is 0.108. The highest BCUT2D eigenvalue weighted by Crippen LogP contribution is 2.04. The van der Waals surface area contributed by atoms with Crippen LogP contribution in [0.2, 0.25) is 0 Å². The number of aromatic nitrogens is 3. The highest BCUT2D eigenvalue weighted by Gasteiger charge is 2.07. The van der Waals surface area contributed by atoms with Crippen LogP contribution in [0.3, 0.4) is 0 Å². The lowest BCUT2D eigenvalue weighted by atomic mass is 10.2. The van der Waals surface area contributed by atoms with Gasteiger partial charge in [0.1, 0.15) is 11.5 Å². The van der Waals surface area contributed by atoms with Crippen molar-refractivity contribution in [3.63, 3.8) is 0 Å². The number of hydrogen-bond donors (Lipinski definition) is 2. The third kappa shape index (κ3) is 2.93. The van der Waals surface area contributed by atoms with Crippen LogP contribution >= 0.6 is 0 Å². The Bertz CT molecular complexity index is 519. The average molecular weight is 234 g/mol. The number of nitrogens with zero attached hydrogens (tertiary/aromatic N) is 2. The Kier molecular flexibility index (Phi) is 3.54. The molecule has 0 aliphatic rings. The summed E-state index contributed by atoms with van der Waals surface area (Å²) in [7, 11) is 0. The van der Waals surface area contributed by atoms with E-state index in [2.05, 4.69) is 20.5 Å². The molecule has 2 rings (SSSR count). The van der Waals surface area contributed by atoms with Gasteiger partial charge in [-0.15, -0.1) is 10.2 Å². The van der Waals surface area contributed by atoms with Crippen LogP contribution in [0.4, 0.5) is 5.95 Å². The summed E-state index contributed by atoms with van der Waals surface area (Å²) in [6.07, 6.45) is 2.87. The van der Waals surface area contributed by atoms with E-state index in [-0.39, 0.29) is 5.56 Å². The molecule has 90 valence electrons. The van der Waals surface area contributed by atoms with Gasteiger partial charge in [-0.05, 0) is 18.6 Å². The summed E-state index contributed by atoms with van der Waals surface area (Å²) < 4.78 is 5.15. The van der Waals surface area contributed by atoms with Crippen LogP contribution in [-0.2, 0) is 6.42 Å². The Morgan fingerprint density at radius 1 is 1.47 bits per heavy atom. The number of H-pyrrole nitrogens is 1. The van der Waals surface area contributed by atoms with Crippen LogP contribution in [0.1, 0.15) is 24.8 Å². The molecule has 2 heterocycles. The summed E-state index contributed by atoms with van der Waals surface area (Å²) in [4.78, 5) is 14.3. The molecule has 2 aromatic rings.